The molecule has 0 saturated heterocycles. The van der Waals surface area contributed by atoms with Crippen LogP contribution in [-0.4, -0.2) is 18.6 Å². The van der Waals surface area contributed by atoms with Crippen LogP contribution in [0, 0.1) is 0 Å². The number of ether oxygens (including phenoxy) is 1. The molecule has 0 spiro atoms. The molecule has 1 fully saturated rings. The molecule has 3 nitrogen and oxygen atoms in total. The summed E-state index contributed by atoms with van der Waals surface area (Å²) in [6.45, 7) is 4.30. The average Bonchev–Trinajstić information content (AvgIpc) is 3.44. The Bertz CT molecular complexity index is 736. The van der Waals surface area contributed by atoms with Crippen molar-refractivity contribution in [3.05, 3.63) is 64.1 Å². The number of benzene rings is 2. The second-order valence-corrected chi connectivity index (χ2v) is 8.05. The molecule has 26 heavy (non-hydrogen) atoms. The third-order valence-electron chi connectivity index (χ3n) is 5.25. The number of halogens is 1. The van der Waals surface area contributed by atoms with Crippen LogP contribution in [0.2, 0.25) is 0 Å². The molecule has 2 aromatic carbocycles. The third-order valence-corrected chi connectivity index (χ3v) is 5.77. The van der Waals surface area contributed by atoms with Gasteiger partial charge < -0.3 is 10.1 Å². The van der Waals surface area contributed by atoms with Crippen LogP contribution in [0.15, 0.2) is 53.0 Å². The van der Waals surface area contributed by atoms with Gasteiger partial charge in [0.15, 0.2) is 6.61 Å². The van der Waals surface area contributed by atoms with Gasteiger partial charge in [-0.1, -0.05) is 53.5 Å². The molecular formula is C22H26BrNO2. The molecule has 0 aromatic heterocycles. The van der Waals surface area contributed by atoms with Crippen molar-refractivity contribution in [1.82, 2.24) is 5.32 Å². The summed E-state index contributed by atoms with van der Waals surface area (Å²) < 4.78 is 6.71. The van der Waals surface area contributed by atoms with Crippen LogP contribution in [0.3, 0.4) is 0 Å². The molecule has 0 bridgehead atoms. The van der Waals surface area contributed by atoms with Crippen LogP contribution in [0.1, 0.15) is 44.2 Å². The SMILES string of the molecule is CCCc1ccc(OCC(=O)NC(C)C2(c3ccc(Br)cc3)CC2)cc1. The van der Waals surface area contributed by atoms with Crippen molar-refractivity contribution in [3.8, 4) is 5.75 Å². The van der Waals surface area contributed by atoms with Crippen molar-refractivity contribution in [3.63, 3.8) is 0 Å². The van der Waals surface area contributed by atoms with Crippen molar-refractivity contribution >= 4 is 21.8 Å². The summed E-state index contributed by atoms with van der Waals surface area (Å²) in [7, 11) is 0. The largest absolute Gasteiger partial charge is 0.484 e. The second-order valence-electron chi connectivity index (χ2n) is 7.13. The zero-order chi connectivity index (χ0) is 18.6. The molecule has 1 unspecified atom stereocenters. The summed E-state index contributed by atoms with van der Waals surface area (Å²) in [5.74, 6) is 0.667. The van der Waals surface area contributed by atoms with E-state index in [0.29, 0.717) is 0 Å². The van der Waals surface area contributed by atoms with E-state index in [9.17, 15) is 4.79 Å². The minimum atomic E-state index is -0.0708. The molecule has 138 valence electrons. The van der Waals surface area contributed by atoms with Crippen molar-refractivity contribution in [1.29, 1.82) is 0 Å². The van der Waals surface area contributed by atoms with E-state index in [0.717, 1.165) is 35.9 Å². The van der Waals surface area contributed by atoms with Crippen LogP contribution < -0.4 is 10.1 Å². The smallest absolute Gasteiger partial charge is 0.258 e. The molecular weight excluding hydrogens is 390 g/mol. The molecule has 1 N–H and O–H groups in total. The van der Waals surface area contributed by atoms with E-state index in [4.69, 9.17) is 4.74 Å². The lowest BCUT2D eigenvalue weighted by molar-refractivity contribution is -0.123. The molecule has 0 radical (unpaired) electrons. The van der Waals surface area contributed by atoms with Crippen molar-refractivity contribution in [2.45, 2.75) is 51.0 Å². The molecule has 2 aromatic rings. The summed E-state index contributed by atoms with van der Waals surface area (Å²) in [4.78, 5) is 12.3. The van der Waals surface area contributed by atoms with E-state index >= 15 is 0 Å². The van der Waals surface area contributed by atoms with Gasteiger partial charge in [-0.25, -0.2) is 0 Å². The number of carbonyl (C=O) groups excluding carboxylic acids is 1. The Balaban J connectivity index is 1.52. The Labute approximate surface area is 164 Å². The average molecular weight is 416 g/mol. The fourth-order valence-corrected chi connectivity index (χ4v) is 3.76. The first-order chi connectivity index (χ1) is 12.5. The first kappa shape index (κ1) is 19.0. The van der Waals surface area contributed by atoms with Gasteiger partial charge in [0.25, 0.3) is 5.91 Å². The highest BCUT2D eigenvalue weighted by atomic mass is 79.9. The number of amides is 1. The van der Waals surface area contributed by atoms with Gasteiger partial charge in [0.2, 0.25) is 0 Å². The van der Waals surface area contributed by atoms with Gasteiger partial charge in [-0.2, -0.15) is 0 Å². The Hall–Kier alpha value is -1.81. The van der Waals surface area contributed by atoms with Gasteiger partial charge in [0.05, 0.1) is 0 Å². The van der Waals surface area contributed by atoms with Gasteiger partial charge in [0, 0.05) is 15.9 Å². The molecule has 1 aliphatic rings. The zero-order valence-electron chi connectivity index (χ0n) is 15.4. The molecule has 4 heteroatoms. The normalized spacial score (nSPS) is 16.0. The monoisotopic (exact) mass is 415 g/mol. The second kappa shape index (κ2) is 8.26. The number of carbonyl (C=O) groups is 1. The van der Waals surface area contributed by atoms with E-state index in [1.807, 2.05) is 12.1 Å². The predicted octanol–water partition coefficient (Wildman–Crippen LogP) is 5.02. The Morgan fingerprint density at radius 1 is 1.15 bits per heavy atom. The van der Waals surface area contributed by atoms with E-state index < -0.39 is 0 Å². The lowest BCUT2D eigenvalue weighted by Crippen LogP contribution is -2.43. The number of hydrogen-bond donors (Lipinski definition) is 1. The summed E-state index contributed by atoms with van der Waals surface area (Å²) >= 11 is 3.48. The van der Waals surface area contributed by atoms with Crippen LogP contribution in [-0.2, 0) is 16.6 Å². The lowest BCUT2D eigenvalue weighted by atomic mass is 9.89. The van der Waals surface area contributed by atoms with Crippen LogP contribution in [0.25, 0.3) is 0 Å². The van der Waals surface area contributed by atoms with E-state index in [2.05, 4.69) is 71.5 Å². The predicted molar refractivity (Wildman–Crippen MR) is 109 cm³/mol. The summed E-state index contributed by atoms with van der Waals surface area (Å²) in [6, 6.07) is 16.5. The number of rotatable bonds is 8. The lowest BCUT2D eigenvalue weighted by Gasteiger charge is -2.25. The number of aryl methyl sites for hydroxylation is 1. The summed E-state index contributed by atoms with van der Waals surface area (Å²) in [5, 5.41) is 3.12. The van der Waals surface area contributed by atoms with E-state index in [1.165, 1.54) is 11.1 Å². The van der Waals surface area contributed by atoms with E-state index in [1.54, 1.807) is 0 Å². The molecule has 1 amide bonds. The maximum absolute atomic E-state index is 12.3. The number of nitrogens with one attached hydrogen (secondary N) is 1. The Morgan fingerprint density at radius 3 is 2.38 bits per heavy atom. The molecule has 0 heterocycles. The molecule has 1 saturated carbocycles. The maximum atomic E-state index is 12.3. The molecule has 1 atom stereocenters. The van der Waals surface area contributed by atoms with Crippen LogP contribution in [0.4, 0.5) is 0 Å². The van der Waals surface area contributed by atoms with Crippen LogP contribution in [0.5, 0.6) is 5.75 Å². The van der Waals surface area contributed by atoms with Crippen molar-refractivity contribution in [2.75, 3.05) is 6.61 Å². The van der Waals surface area contributed by atoms with Gasteiger partial charge >= 0.3 is 0 Å². The topological polar surface area (TPSA) is 38.3 Å². The minimum Gasteiger partial charge on any atom is -0.484 e. The molecule has 1 aliphatic carbocycles. The Kier molecular flexibility index (Phi) is 6.02. The van der Waals surface area contributed by atoms with Gasteiger partial charge in [0.1, 0.15) is 5.75 Å². The van der Waals surface area contributed by atoms with Crippen molar-refractivity contribution in [2.24, 2.45) is 0 Å². The van der Waals surface area contributed by atoms with Gasteiger partial charge in [-0.05, 0) is 61.6 Å². The highest BCUT2D eigenvalue weighted by molar-refractivity contribution is 9.10. The summed E-state index contributed by atoms with van der Waals surface area (Å²) in [5.41, 5.74) is 2.65. The molecule has 0 aliphatic heterocycles. The van der Waals surface area contributed by atoms with Gasteiger partial charge in [-0.3, -0.25) is 4.79 Å². The first-order valence-electron chi connectivity index (χ1n) is 9.30. The fraction of sp³-hybridized carbons (Fsp3) is 0.409. The summed E-state index contributed by atoms with van der Waals surface area (Å²) in [6.07, 6.45) is 4.41. The first-order valence-corrected chi connectivity index (χ1v) is 10.1. The maximum Gasteiger partial charge on any atom is 0.258 e. The van der Waals surface area contributed by atoms with Crippen molar-refractivity contribution < 1.29 is 9.53 Å². The third kappa shape index (κ3) is 4.47. The minimum absolute atomic E-state index is 0.0495. The fourth-order valence-electron chi connectivity index (χ4n) is 3.50. The van der Waals surface area contributed by atoms with E-state index in [-0.39, 0.29) is 24.0 Å². The standard InChI is InChI=1S/C22H26BrNO2/c1-3-4-17-5-11-20(12-6-17)26-15-21(25)24-16(2)22(13-14-22)18-7-9-19(23)10-8-18/h5-12,16H,3-4,13-15H2,1-2H3,(H,24,25). The Morgan fingerprint density at radius 2 is 1.81 bits per heavy atom. The quantitative estimate of drug-likeness (QED) is 0.657. The van der Waals surface area contributed by atoms with Crippen LogP contribution >= 0.6 is 15.9 Å². The zero-order valence-corrected chi connectivity index (χ0v) is 17.0. The number of hydrogen-bond acceptors (Lipinski definition) is 2. The highest BCUT2D eigenvalue weighted by Crippen LogP contribution is 2.51. The molecule has 3 rings (SSSR count). The highest BCUT2D eigenvalue weighted by Gasteiger charge is 2.49. The van der Waals surface area contributed by atoms with Gasteiger partial charge in [-0.15, -0.1) is 0 Å².